The molecule has 0 N–H and O–H groups in total. The molecule has 0 unspecified atom stereocenters. The zero-order valence-electron chi connectivity index (χ0n) is 35.0. The third-order valence-corrected chi connectivity index (χ3v) is 12.7. The first-order chi connectivity index (χ1) is 31.8. The summed E-state index contributed by atoms with van der Waals surface area (Å²) < 4.78 is 6.51. The van der Waals surface area contributed by atoms with Gasteiger partial charge < -0.3 is 9.32 Å². The summed E-state index contributed by atoms with van der Waals surface area (Å²) in [5, 5.41) is 7.14. The zero-order valence-corrected chi connectivity index (χ0v) is 35.0. The Bertz CT molecular complexity index is 3630. The highest BCUT2D eigenvalue weighted by Gasteiger charge is 2.22. The number of hydrogen-bond donors (Lipinski definition) is 0. The summed E-state index contributed by atoms with van der Waals surface area (Å²) in [6.07, 6.45) is 0. The van der Waals surface area contributed by atoms with Crippen molar-refractivity contribution >= 4 is 60.5 Å². The highest BCUT2D eigenvalue weighted by Crippen LogP contribution is 2.48. The lowest BCUT2D eigenvalue weighted by atomic mass is 9.85. The molecule has 0 saturated heterocycles. The summed E-state index contributed by atoms with van der Waals surface area (Å²) >= 11 is 0. The van der Waals surface area contributed by atoms with Crippen molar-refractivity contribution in [2.75, 3.05) is 4.90 Å². The quantitative estimate of drug-likeness (QED) is 0.142. The highest BCUT2D eigenvalue weighted by atomic mass is 16.3. The minimum Gasteiger partial charge on any atom is -0.455 e. The van der Waals surface area contributed by atoms with Gasteiger partial charge in [0.15, 0.2) is 0 Å². The van der Waals surface area contributed by atoms with Gasteiger partial charge in [-0.05, 0) is 114 Å². The molecule has 1 heterocycles. The Balaban J connectivity index is 1.11. The van der Waals surface area contributed by atoms with Crippen LogP contribution in [-0.2, 0) is 0 Å². The summed E-state index contributed by atoms with van der Waals surface area (Å²) in [6, 6.07) is 89.7. The van der Waals surface area contributed by atoms with Crippen molar-refractivity contribution in [3.63, 3.8) is 0 Å². The van der Waals surface area contributed by atoms with Crippen molar-refractivity contribution < 1.29 is 4.42 Å². The lowest BCUT2D eigenvalue weighted by molar-refractivity contribution is 0.670. The molecular formula is C62H41NO. The molecule has 64 heavy (non-hydrogen) atoms. The molecule has 2 heteroatoms. The molecule has 1 aromatic heterocycles. The van der Waals surface area contributed by atoms with Crippen LogP contribution < -0.4 is 4.90 Å². The van der Waals surface area contributed by atoms with Gasteiger partial charge in [0.1, 0.15) is 11.2 Å². The summed E-state index contributed by atoms with van der Waals surface area (Å²) in [4.78, 5) is 2.42. The highest BCUT2D eigenvalue weighted by molar-refractivity contribution is 6.22. The van der Waals surface area contributed by atoms with Crippen molar-refractivity contribution in [2.24, 2.45) is 0 Å². The predicted molar refractivity (Wildman–Crippen MR) is 271 cm³/mol. The molecule has 12 rings (SSSR count). The molecule has 0 spiro atoms. The van der Waals surface area contributed by atoms with E-state index in [2.05, 4.69) is 241 Å². The monoisotopic (exact) mass is 815 g/mol. The largest absolute Gasteiger partial charge is 0.455 e. The van der Waals surface area contributed by atoms with E-state index in [0.29, 0.717) is 0 Å². The van der Waals surface area contributed by atoms with Crippen molar-refractivity contribution in [3.8, 4) is 55.6 Å². The Morgan fingerprint density at radius 3 is 1.39 bits per heavy atom. The van der Waals surface area contributed by atoms with Crippen LogP contribution in [0.3, 0.4) is 0 Å². The topological polar surface area (TPSA) is 16.4 Å². The third kappa shape index (κ3) is 6.44. The summed E-state index contributed by atoms with van der Waals surface area (Å²) in [7, 11) is 0. The van der Waals surface area contributed by atoms with E-state index in [-0.39, 0.29) is 0 Å². The van der Waals surface area contributed by atoms with Gasteiger partial charge in [0, 0.05) is 33.4 Å². The van der Waals surface area contributed by atoms with Crippen LogP contribution >= 0.6 is 0 Å². The number of fused-ring (bicyclic) bond motifs is 6. The van der Waals surface area contributed by atoms with Gasteiger partial charge in [-0.25, -0.2) is 0 Å². The molecule has 0 amide bonds. The second-order valence-electron chi connectivity index (χ2n) is 16.4. The van der Waals surface area contributed by atoms with Crippen LogP contribution in [-0.4, -0.2) is 0 Å². The molecule has 0 saturated carbocycles. The van der Waals surface area contributed by atoms with Gasteiger partial charge in [-0.2, -0.15) is 0 Å². The molecule has 12 aromatic rings. The van der Waals surface area contributed by atoms with Crippen molar-refractivity contribution in [1.82, 2.24) is 0 Å². The maximum atomic E-state index is 6.51. The van der Waals surface area contributed by atoms with Gasteiger partial charge in [-0.3, -0.25) is 0 Å². The van der Waals surface area contributed by atoms with Crippen LogP contribution in [0, 0.1) is 0 Å². The summed E-state index contributed by atoms with van der Waals surface area (Å²) in [5.41, 5.74) is 16.7. The Labute approximate surface area is 372 Å². The molecule has 11 aromatic carbocycles. The van der Waals surface area contributed by atoms with Crippen LogP contribution in [0.4, 0.5) is 17.1 Å². The lowest BCUT2D eigenvalue weighted by Gasteiger charge is -2.28. The van der Waals surface area contributed by atoms with E-state index in [9.17, 15) is 0 Å². The SMILES string of the molecule is c1ccc(-c2ccc(N(c3ccc(-c4cccc5c4oc4ccccc45)cc3)c3ccc4c(c3)c(-c3ccccc3)c(-c3ccccc3)c3ccccc34)cc2-c2ccccc2)cc1. The second-order valence-corrected chi connectivity index (χ2v) is 16.4. The molecular weight excluding hydrogens is 775 g/mol. The fourth-order valence-corrected chi connectivity index (χ4v) is 9.74. The van der Waals surface area contributed by atoms with Gasteiger partial charge in [0.25, 0.3) is 0 Å². The molecule has 0 aliphatic heterocycles. The first-order valence-corrected chi connectivity index (χ1v) is 21.9. The van der Waals surface area contributed by atoms with Crippen molar-refractivity contribution in [2.45, 2.75) is 0 Å². The number of rotatable bonds is 8. The fraction of sp³-hybridized carbons (Fsp3) is 0. The predicted octanol–water partition coefficient (Wildman–Crippen LogP) is 17.7. The van der Waals surface area contributed by atoms with E-state index in [1.54, 1.807) is 0 Å². The molecule has 300 valence electrons. The molecule has 0 aliphatic carbocycles. The van der Waals surface area contributed by atoms with E-state index in [1.807, 2.05) is 12.1 Å². The van der Waals surface area contributed by atoms with E-state index < -0.39 is 0 Å². The average Bonchev–Trinajstić information content (AvgIpc) is 3.76. The number of anilines is 3. The number of hydrogen-bond acceptors (Lipinski definition) is 2. The maximum absolute atomic E-state index is 6.51. The number of furan rings is 1. The first kappa shape index (κ1) is 37.3. The number of benzene rings is 11. The molecule has 0 aliphatic rings. The Morgan fingerprint density at radius 2 is 0.719 bits per heavy atom. The lowest BCUT2D eigenvalue weighted by Crippen LogP contribution is -2.10. The minimum atomic E-state index is 0.898. The normalized spacial score (nSPS) is 11.4. The van der Waals surface area contributed by atoms with Gasteiger partial charge in [0.05, 0.1) is 0 Å². The van der Waals surface area contributed by atoms with E-state index in [1.165, 1.54) is 66.1 Å². The first-order valence-electron chi connectivity index (χ1n) is 21.9. The molecule has 0 radical (unpaired) electrons. The van der Waals surface area contributed by atoms with Crippen LogP contribution in [0.2, 0.25) is 0 Å². The van der Waals surface area contributed by atoms with Crippen molar-refractivity contribution in [3.05, 3.63) is 249 Å². The Hall–Kier alpha value is -8.46. The Morgan fingerprint density at radius 1 is 0.250 bits per heavy atom. The van der Waals surface area contributed by atoms with Gasteiger partial charge >= 0.3 is 0 Å². The smallest absolute Gasteiger partial charge is 0.143 e. The average molecular weight is 816 g/mol. The third-order valence-electron chi connectivity index (χ3n) is 12.7. The van der Waals surface area contributed by atoms with Crippen LogP contribution in [0.5, 0.6) is 0 Å². The van der Waals surface area contributed by atoms with E-state index in [4.69, 9.17) is 4.42 Å². The second kappa shape index (κ2) is 15.8. The van der Waals surface area contributed by atoms with E-state index in [0.717, 1.165) is 50.1 Å². The van der Waals surface area contributed by atoms with Crippen LogP contribution in [0.15, 0.2) is 253 Å². The van der Waals surface area contributed by atoms with Gasteiger partial charge in [-0.1, -0.05) is 206 Å². The standard InChI is InChI=1S/C62H41NO/c1-5-18-42(19-6-1)50-38-36-48(40-57(50)43-20-7-2-8-21-43)63(47-34-32-44(33-35-47)51-29-17-30-56-54-27-15-16-31-59(54)64-62(51)56)49-37-39-53-52-26-13-14-28-55(52)60(45-22-9-3-10-23-45)61(58(53)41-49)46-24-11-4-12-25-46/h1-41H. The molecule has 0 atom stereocenters. The fourth-order valence-electron chi connectivity index (χ4n) is 9.74. The van der Waals surface area contributed by atoms with Gasteiger partial charge in [0.2, 0.25) is 0 Å². The van der Waals surface area contributed by atoms with Crippen LogP contribution in [0.1, 0.15) is 0 Å². The summed E-state index contributed by atoms with van der Waals surface area (Å²) in [6.45, 7) is 0. The molecule has 0 bridgehead atoms. The number of nitrogens with zero attached hydrogens (tertiary/aromatic N) is 1. The maximum Gasteiger partial charge on any atom is 0.143 e. The van der Waals surface area contributed by atoms with Crippen LogP contribution in [0.25, 0.3) is 99.1 Å². The zero-order chi connectivity index (χ0) is 42.4. The van der Waals surface area contributed by atoms with Crippen molar-refractivity contribution in [1.29, 1.82) is 0 Å². The minimum absolute atomic E-state index is 0.898. The number of para-hydroxylation sites is 2. The van der Waals surface area contributed by atoms with Gasteiger partial charge in [-0.15, -0.1) is 0 Å². The van der Waals surface area contributed by atoms with E-state index >= 15 is 0 Å². The Kier molecular flexibility index (Phi) is 9.20. The summed E-state index contributed by atoms with van der Waals surface area (Å²) in [5.74, 6) is 0. The molecule has 2 nitrogen and oxygen atoms in total. The molecule has 0 fully saturated rings.